The zero-order valence-corrected chi connectivity index (χ0v) is 15.6. The molecule has 0 fully saturated rings. The van der Waals surface area contributed by atoms with Gasteiger partial charge in [0.15, 0.2) is 16.6 Å². The summed E-state index contributed by atoms with van der Waals surface area (Å²) < 4.78 is 12.2. The lowest BCUT2D eigenvalue weighted by Crippen LogP contribution is -2.12. The summed E-state index contributed by atoms with van der Waals surface area (Å²) >= 11 is 1.33. The van der Waals surface area contributed by atoms with E-state index >= 15 is 0 Å². The number of hydrogen-bond acceptors (Lipinski definition) is 7. The summed E-state index contributed by atoms with van der Waals surface area (Å²) in [7, 11) is 3.10. The Morgan fingerprint density at radius 2 is 2.15 bits per heavy atom. The molecule has 138 valence electrons. The Labute approximate surface area is 160 Å². The fourth-order valence-corrected chi connectivity index (χ4v) is 3.04. The lowest BCUT2D eigenvalue weighted by molar-refractivity contribution is 0.102. The number of nitrogens with zero attached hydrogens (tertiary/aromatic N) is 4. The average molecular weight is 383 g/mol. The molecule has 3 rings (SSSR count). The van der Waals surface area contributed by atoms with Gasteiger partial charge in [0.2, 0.25) is 0 Å². The van der Waals surface area contributed by atoms with Crippen molar-refractivity contribution in [2.24, 2.45) is 0 Å². The molecule has 0 radical (unpaired) electrons. The summed E-state index contributed by atoms with van der Waals surface area (Å²) in [5.41, 5.74) is 1.57. The van der Waals surface area contributed by atoms with Crippen molar-refractivity contribution in [3.05, 3.63) is 41.5 Å². The number of carbonyl (C=O) groups is 1. The summed E-state index contributed by atoms with van der Waals surface area (Å²) in [5, 5.41) is 18.4. The molecule has 0 spiro atoms. The monoisotopic (exact) mass is 383 g/mol. The Kier molecular flexibility index (Phi) is 5.68. The number of hydrogen-bond donors (Lipinski definition) is 1. The van der Waals surface area contributed by atoms with Crippen LogP contribution < -0.4 is 14.8 Å². The van der Waals surface area contributed by atoms with E-state index in [1.54, 1.807) is 54.9 Å². The third kappa shape index (κ3) is 4.07. The molecular weight excluding hydrogens is 366 g/mol. The normalized spacial score (nSPS) is 10.3. The maximum absolute atomic E-state index is 12.8. The molecule has 0 bridgehead atoms. The lowest BCUT2D eigenvalue weighted by atomic mass is 10.1. The van der Waals surface area contributed by atoms with E-state index in [9.17, 15) is 4.79 Å². The summed E-state index contributed by atoms with van der Waals surface area (Å²) in [6, 6.07) is 7.40. The number of methoxy groups -OCH3 is 2. The second-order valence-electron chi connectivity index (χ2n) is 5.42. The summed E-state index contributed by atoms with van der Waals surface area (Å²) in [6.45, 7) is 0.390. The molecule has 0 saturated carbocycles. The van der Waals surface area contributed by atoms with Gasteiger partial charge in [-0.2, -0.15) is 10.4 Å². The van der Waals surface area contributed by atoms with E-state index in [1.807, 2.05) is 0 Å². The first-order valence-electron chi connectivity index (χ1n) is 8.04. The Bertz CT molecular complexity index is 976. The standard InChI is InChI=1S/C18H17N5O3S/c1-25-14-5-4-12(10-15(14)26-2)16-13(11-23(22-16)8-3-6-19)17(24)21-18-20-7-9-27-18/h4-5,7,9-11H,3,8H2,1-2H3,(H,20,21,24). The highest BCUT2D eigenvalue weighted by molar-refractivity contribution is 7.13. The first-order chi connectivity index (χ1) is 13.2. The second kappa shape index (κ2) is 8.33. The minimum Gasteiger partial charge on any atom is -0.493 e. The number of nitrogens with one attached hydrogen (secondary N) is 1. The molecule has 27 heavy (non-hydrogen) atoms. The third-order valence-electron chi connectivity index (χ3n) is 3.77. The highest BCUT2D eigenvalue weighted by Crippen LogP contribution is 2.33. The van der Waals surface area contributed by atoms with Gasteiger partial charge in [-0.05, 0) is 18.2 Å². The van der Waals surface area contributed by atoms with Gasteiger partial charge in [-0.15, -0.1) is 11.3 Å². The number of ether oxygens (including phenoxy) is 2. The molecule has 0 unspecified atom stereocenters. The Balaban J connectivity index is 2.01. The van der Waals surface area contributed by atoms with Crippen LogP contribution in [0.1, 0.15) is 16.8 Å². The number of rotatable bonds is 7. The zero-order valence-electron chi connectivity index (χ0n) is 14.8. The van der Waals surface area contributed by atoms with Crippen LogP contribution in [-0.4, -0.2) is 34.9 Å². The first kappa shape index (κ1) is 18.4. The molecule has 2 aromatic heterocycles. The summed E-state index contributed by atoms with van der Waals surface area (Å²) in [4.78, 5) is 16.8. The lowest BCUT2D eigenvalue weighted by Gasteiger charge is -2.09. The van der Waals surface area contributed by atoms with Gasteiger partial charge in [0.25, 0.3) is 5.91 Å². The van der Waals surface area contributed by atoms with E-state index in [0.29, 0.717) is 46.4 Å². The number of carbonyl (C=O) groups excluding carboxylic acids is 1. The number of nitriles is 1. The van der Waals surface area contributed by atoms with Crippen LogP contribution in [0, 0.1) is 11.3 Å². The Morgan fingerprint density at radius 3 is 2.81 bits per heavy atom. The van der Waals surface area contributed by atoms with Crippen LogP contribution in [0.15, 0.2) is 36.0 Å². The second-order valence-corrected chi connectivity index (χ2v) is 6.32. The van der Waals surface area contributed by atoms with Gasteiger partial charge in [0.1, 0.15) is 5.69 Å². The Morgan fingerprint density at radius 1 is 1.33 bits per heavy atom. The number of amides is 1. The molecule has 3 aromatic rings. The van der Waals surface area contributed by atoms with Crippen LogP contribution in [0.25, 0.3) is 11.3 Å². The van der Waals surface area contributed by atoms with Gasteiger partial charge < -0.3 is 9.47 Å². The highest BCUT2D eigenvalue weighted by Gasteiger charge is 2.20. The van der Waals surface area contributed by atoms with Crippen molar-refractivity contribution in [1.82, 2.24) is 14.8 Å². The number of aryl methyl sites for hydroxylation is 1. The van der Waals surface area contributed by atoms with E-state index in [2.05, 4.69) is 21.5 Å². The quantitative estimate of drug-likeness (QED) is 0.672. The molecule has 0 aliphatic rings. The molecular formula is C18H17N5O3S. The highest BCUT2D eigenvalue weighted by atomic mass is 32.1. The number of benzene rings is 1. The minimum atomic E-state index is -0.321. The predicted molar refractivity (Wildman–Crippen MR) is 101 cm³/mol. The van der Waals surface area contributed by atoms with Crippen molar-refractivity contribution in [2.45, 2.75) is 13.0 Å². The van der Waals surface area contributed by atoms with Crippen LogP contribution in [0.4, 0.5) is 5.13 Å². The van der Waals surface area contributed by atoms with E-state index in [-0.39, 0.29) is 5.91 Å². The van der Waals surface area contributed by atoms with E-state index in [0.717, 1.165) is 0 Å². The first-order valence-corrected chi connectivity index (χ1v) is 8.92. The van der Waals surface area contributed by atoms with Gasteiger partial charge in [0.05, 0.1) is 38.8 Å². The van der Waals surface area contributed by atoms with Crippen molar-refractivity contribution in [3.63, 3.8) is 0 Å². The smallest absolute Gasteiger partial charge is 0.261 e. The van der Waals surface area contributed by atoms with Crippen molar-refractivity contribution < 1.29 is 14.3 Å². The van der Waals surface area contributed by atoms with Gasteiger partial charge in [0, 0.05) is 23.3 Å². The Hall–Kier alpha value is -3.38. The summed E-state index contributed by atoms with van der Waals surface area (Å²) in [5.74, 6) is 0.796. The zero-order chi connectivity index (χ0) is 19.2. The molecule has 0 saturated heterocycles. The maximum atomic E-state index is 12.8. The van der Waals surface area contributed by atoms with E-state index < -0.39 is 0 Å². The van der Waals surface area contributed by atoms with Crippen LogP contribution in [-0.2, 0) is 6.54 Å². The van der Waals surface area contributed by atoms with Crippen molar-refractivity contribution in [2.75, 3.05) is 19.5 Å². The SMILES string of the molecule is COc1ccc(-c2nn(CCC#N)cc2C(=O)Nc2nccs2)cc1OC. The number of thiazole rings is 1. The van der Waals surface area contributed by atoms with Crippen molar-refractivity contribution in [1.29, 1.82) is 5.26 Å². The molecule has 1 aromatic carbocycles. The molecule has 0 aliphatic heterocycles. The van der Waals surface area contributed by atoms with Crippen LogP contribution in [0.2, 0.25) is 0 Å². The predicted octanol–water partition coefficient (Wildman–Crippen LogP) is 3.19. The van der Waals surface area contributed by atoms with Crippen LogP contribution in [0.3, 0.4) is 0 Å². The molecule has 1 amide bonds. The van der Waals surface area contributed by atoms with Crippen LogP contribution >= 0.6 is 11.3 Å². The molecule has 1 N–H and O–H groups in total. The van der Waals surface area contributed by atoms with E-state index in [1.165, 1.54) is 11.3 Å². The summed E-state index contributed by atoms with van der Waals surface area (Å²) in [6.07, 6.45) is 3.54. The molecule has 0 atom stereocenters. The molecule has 9 heteroatoms. The third-order valence-corrected chi connectivity index (χ3v) is 4.46. The van der Waals surface area contributed by atoms with E-state index in [4.69, 9.17) is 14.7 Å². The fraction of sp³-hybridized carbons (Fsp3) is 0.222. The molecule has 8 nitrogen and oxygen atoms in total. The van der Waals surface area contributed by atoms with Gasteiger partial charge in [-0.3, -0.25) is 14.8 Å². The van der Waals surface area contributed by atoms with Crippen LogP contribution in [0.5, 0.6) is 11.5 Å². The fourth-order valence-electron chi connectivity index (χ4n) is 2.51. The number of aromatic nitrogens is 3. The molecule has 0 aliphatic carbocycles. The minimum absolute atomic E-state index is 0.292. The number of anilines is 1. The molecule has 2 heterocycles. The average Bonchev–Trinajstić information content (AvgIpc) is 3.35. The van der Waals surface area contributed by atoms with Gasteiger partial charge in [-0.25, -0.2) is 4.98 Å². The largest absolute Gasteiger partial charge is 0.493 e. The van der Waals surface area contributed by atoms with Crippen molar-refractivity contribution in [3.8, 4) is 28.8 Å². The topological polar surface area (TPSA) is 102 Å². The van der Waals surface area contributed by atoms with Gasteiger partial charge >= 0.3 is 0 Å². The van der Waals surface area contributed by atoms with Crippen molar-refractivity contribution >= 4 is 22.4 Å². The van der Waals surface area contributed by atoms with Gasteiger partial charge in [-0.1, -0.05) is 0 Å². The maximum Gasteiger partial charge on any atom is 0.261 e.